The Labute approximate surface area is 126 Å². The highest BCUT2D eigenvalue weighted by Gasteiger charge is 2.52. The number of phenolic OH excluding ortho intramolecular Hbond substituents is 1. The average molecular weight is 291 g/mol. The lowest BCUT2D eigenvalue weighted by molar-refractivity contribution is 0.00578. The van der Waals surface area contributed by atoms with Gasteiger partial charge in [0.15, 0.2) is 0 Å². The summed E-state index contributed by atoms with van der Waals surface area (Å²) in [4.78, 5) is 13.8. The summed E-state index contributed by atoms with van der Waals surface area (Å²) >= 11 is 0. The van der Waals surface area contributed by atoms with Crippen LogP contribution in [0, 0.1) is 0 Å². The van der Waals surface area contributed by atoms with Gasteiger partial charge in [0.25, 0.3) is 5.91 Å². The van der Waals surface area contributed by atoms with Crippen molar-refractivity contribution < 1.29 is 19.2 Å². The Morgan fingerprint density at radius 2 is 1.67 bits per heavy atom. The molecule has 1 fully saturated rings. The monoisotopic (exact) mass is 291 g/mol. The third kappa shape index (κ3) is 2.78. The SMILES string of the molecule is CN(C)C(=O)c1cc(O)ccc1B1OC(C)(C)C(C)(C)O1. The first-order valence-electron chi connectivity index (χ1n) is 6.95. The summed E-state index contributed by atoms with van der Waals surface area (Å²) in [6, 6.07) is 4.66. The van der Waals surface area contributed by atoms with Gasteiger partial charge in [0.05, 0.1) is 11.2 Å². The number of carbonyl (C=O) groups excluding carboxylic acids is 1. The molecule has 0 radical (unpaired) electrons. The molecule has 0 spiro atoms. The van der Waals surface area contributed by atoms with E-state index in [9.17, 15) is 9.90 Å². The molecule has 21 heavy (non-hydrogen) atoms. The van der Waals surface area contributed by atoms with Gasteiger partial charge in [0.1, 0.15) is 5.75 Å². The Balaban J connectivity index is 2.44. The van der Waals surface area contributed by atoms with Crippen LogP contribution < -0.4 is 5.46 Å². The Kier molecular flexibility index (Phi) is 3.80. The quantitative estimate of drug-likeness (QED) is 0.837. The number of nitrogens with zero attached hydrogens (tertiary/aromatic N) is 1. The average Bonchev–Trinajstić information content (AvgIpc) is 2.57. The molecule has 1 heterocycles. The molecule has 2 rings (SSSR count). The summed E-state index contributed by atoms with van der Waals surface area (Å²) in [6.07, 6.45) is 0. The fourth-order valence-electron chi connectivity index (χ4n) is 2.15. The molecule has 0 unspecified atom stereocenters. The fourth-order valence-corrected chi connectivity index (χ4v) is 2.15. The van der Waals surface area contributed by atoms with Gasteiger partial charge < -0.3 is 19.3 Å². The molecule has 1 aromatic carbocycles. The molecule has 1 aromatic rings. The molecular weight excluding hydrogens is 269 g/mol. The van der Waals surface area contributed by atoms with E-state index in [0.29, 0.717) is 11.0 Å². The first-order chi connectivity index (χ1) is 9.55. The maximum Gasteiger partial charge on any atom is 0.495 e. The number of hydrogen-bond donors (Lipinski definition) is 1. The van der Waals surface area contributed by atoms with Crippen molar-refractivity contribution >= 4 is 18.5 Å². The van der Waals surface area contributed by atoms with Crippen LogP contribution in [0.15, 0.2) is 18.2 Å². The maximum atomic E-state index is 12.3. The molecule has 0 aromatic heterocycles. The minimum atomic E-state index is -0.630. The van der Waals surface area contributed by atoms with E-state index in [1.807, 2.05) is 27.7 Å². The van der Waals surface area contributed by atoms with E-state index in [0.717, 1.165) is 0 Å². The summed E-state index contributed by atoms with van der Waals surface area (Å²) in [5.41, 5.74) is 0.0609. The van der Waals surface area contributed by atoms with E-state index in [4.69, 9.17) is 9.31 Å². The van der Waals surface area contributed by atoms with Crippen LogP contribution >= 0.6 is 0 Å². The smallest absolute Gasteiger partial charge is 0.495 e. The Bertz CT molecular complexity index is 553. The van der Waals surface area contributed by atoms with Gasteiger partial charge in [-0.15, -0.1) is 0 Å². The Hall–Kier alpha value is -1.53. The summed E-state index contributed by atoms with van der Waals surface area (Å²) in [5, 5.41) is 9.66. The van der Waals surface area contributed by atoms with Crippen molar-refractivity contribution in [3.05, 3.63) is 23.8 Å². The molecule has 1 aliphatic heterocycles. The number of hydrogen-bond acceptors (Lipinski definition) is 4. The summed E-state index contributed by atoms with van der Waals surface area (Å²) in [5.74, 6) is -0.156. The second kappa shape index (κ2) is 5.03. The van der Waals surface area contributed by atoms with E-state index in [1.165, 1.54) is 17.0 Å². The van der Waals surface area contributed by atoms with Crippen LogP contribution in [0.1, 0.15) is 38.1 Å². The molecule has 6 heteroatoms. The third-order valence-electron chi connectivity index (χ3n) is 4.18. The van der Waals surface area contributed by atoms with Crippen molar-refractivity contribution in [1.29, 1.82) is 0 Å². The zero-order valence-corrected chi connectivity index (χ0v) is 13.4. The second-order valence-corrected chi connectivity index (χ2v) is 6.56. The molecule has 1 N–H and O–H groups in total. The lowest BCUT2D eigenvalue weighted by Gasteiger charge is -2.32. The molecular formula is C15H22BNO4. The second-order valence-electron chi connectivity index (χ2n) is 6.56. The van der Waals surface area contributed by atoms with Crippen LogP contribution in [-0.4, -0.2) is 48.3 Å². The summed E-state index contributed by atoms with van der Waals surface area (Å²) < 4.78 is 12.0. The minimum Gasteiger partial charge on any atom is -0.508 e. The highest BCUT2D eigenvalue weighted by atomic mass is 16.7. The van der Waals surface area contributed by atoms with Gasteiger partial charge >= 0.3 is 7.12 Å². The summed E-state index contributed by atoms with van der Waals surface area (Å²) in [7, 11) is 2.70. The van der Waals surface area contributed by atoms with Crippen LogP contribution in [0.3, 0.4) is 0 Å². The van der Waals surface area contributed by atoms with Gasteiger partial charge in [-0.2, -0.15) is 0 Å². The van der Waals surface area contributed by atoms with Crippen molar-refractivity contribution in [2.75, 3.05) is 14.1 Å². The lowest BCUT2D eigenvalue weighted by Crippen LogP contribution is -2.41. The van der Waals surface area contributed by atoms with Crippen molar-refractivity contribution in [2.45, 2.75) is 38.9 Å². The van der Waals surface area contributed by atoms with Gasteiger partial charge in [0.2, 0.25) is 0 Å². The van der Waals surface area contributed by atoms with Crippen molar-refractivity contribution in [2.24, 2.45) is 0 Å². The normalized spacial score (nSPS) is 19.6. The van der Waals surface area contributed by atoms with Gasteiger partial charge in [-0.3, -0.25) is 4.79 Å². The Morgan fingerprint density at radius 3 is 2.14 bits per heavy atom. The molecule has 1 saturated heterocycles. The largest absolute Gasteiger partial charge is 0.508 e. The van der Waals surface area contributed by atoms with E-state index in [-0.39, 0.29) is 11.7 Å². The van der Waals surface area contributed by atoms with E-state index in [2.05, 4.69) is 0 Å². The van der Waals surface area contributed by atoms with Gasteiger partial charge in [-0.1, -0.05) is 6.07 Å². The van der Waals surface area contributed by atoms with Crippen molar-refractivity contribution in [3.8, 4) is 5.75 Å². The predicted octanol–water partition coefficient (Wildman–Crippen LogP) is 1.39. The van der Waals surface area contributed by atoms with E-state index >= 15 is 0 Å². The highest BCUT2D eigenvalue weighted by molar-refractivity contribution is 6.63. The Morgan fingerprint density at radius 1 is 1.14 bits per heavy atom. The summed E-state index contributed by atoms with van der Waals surface area (Å²) in [6.45, 7) is 7.84. The number of rotatable bonds is 2. The molecule has 114 valence electrons. The van der Waals surface area contributed by atoms with Crippen LogP contribution in [-0.2, 0) is 9.31 Å². The molecule has 1 aliphatic rings. The zero-order valence-electron chi connectivity index (χ0n) is 13.4. The molecule has 0 aliphatic carbocycles. The first kappa shape index (κ1) is 15.9. The number of phenols is 1. The van der Waals surface area contributed by atoms with Gasteiger partial charge in [-0.05, 0) is 45.3 Å². The standard InChI is InChI=1S/C15H22BNO4/c1-14(2)15(3,4)21-16(20-14)12-8-7-10(18)9-11(12)13(19)17(5)6/h7-9,18H,1-6H3. The highest BCUT2D eigenvalue weighted by Crippen LogP contribution is 2.36. The molecule has 0 saturated carbocycles. The number of carbonyl (C=O) groups is 1. The topological polar surface area (TPSA) is 59.0 Å². The van der Waals surface area contributed by atoms with E-state index < -0.39 is 18.3 Å². The number of benzene rings is 1. The minimum absolute atomic E-state index is 0.0421. The van der Waals surface area contributed by atoms with Crippen LogP contribution in [0.25, 0.3) is 0 Å². The molecule has 1 amide bonds. The van der Waals surface area contributed by atoms with Crippen LogP contribution in [0.4, 0.5) is 0 Å². The lowest BCUT2D eigenvalue weighted by atomic mass is 9.75. The van der Waals surface area contributed by atoms with Crippen molar-refractivity contribution in [3.63, 3.8) is 0 Å². The molecule has 0 atom stereocenters. The fraction of sp³-hybridized carbons (Fsp3) is 0.533. The molecule has 0 bridgehead atoms. The third-order valence-corrected chi connectivity index (χ3v) is 4.18. The maximum absolute atomic E-state index is 12.3. The molecule has 5 nitrogen and oxygen atoms in total. The van der Waals surface area contributed by atoms with Crippen molar-refractivity contribution in [1.82, 2.24) is 4.90 Å². The van der Waals surface area contributed by atoms with Crippen LogP contribution in [0.5, 0.6) is 5.75 Å². The van der Waals surface area contributed by atoms with Gasteiger partial charge in [-0.25, -0.2) is 0 Å². The van der Waals surface area contributed by atoms with E-state index in [1.54, 1.807) is 20.2 Å². The first-order valence-corrected chi connectivity index (χ1v) is 6.95. The zero-order chi connectivity index (χ0) is 16.0. The van der Waals surface area contributed by atoms with Crippen LogP contribution in [0.2, 0.25) is 0 Å². The number of aromatic hydroxyl groups is 1. The van der Waals surface area contributed by atoms with Gasteiger partial charge in [0, 0.05) is 19.7 Å². The predicted molar refractivity (Wildman–Crippen MR) is 81.8 cm³/mol. The number of amides is 1.